The van der Waals surface area contributed by atoms with Crippen molar-refractivity contribution in [1.82, 2.24) is 5.32 Å². The minimum atomic E-state index is 0.0250. The maximum absolute atomic E-state index is 6.18. The van der Waals surface area contributed by atoms with Gasteiger partial charge in [-0.3, -0.25) is 0 Å². The maximum atomic E-state index is 6.18. The summed E-state index contributed by atoms with van der Waals surface area (Å²) in [5.74, 6) is 0.809. The molecule has 2 aromatic carbocycles. The standard InChI is InChI=1S/C16H17ClN2OS/c1-11(14-5-3-4-6-15(14)17)18-16(21)19-12-7-9-13(20-2)10-8-12/h3-11H,1-2H3,(H2,18,19,21)/t11-/m1/s1. The van der Waals surface area contributed by atoms with Crippen LogP contribution < -0.4 is 15.4 Å². The first-order valence-electron chi connectivity index (χ1n) is 6.56. The summed E-state index contributed by atoms with van der Waals surface area (Å²) in [5, 5.41) is 7.63. The Labute approximate surface area is 135 Å². The molecule has 0 aliphatic rings. The summed E-state index contributed by atoms with van der Waals surface area (Å²) in [6.07, 6.45) is 0. The number of halogens is 1. The Balaban J connectivity index is 1.96. The molecule has 0 radical (unpaired) electrons. The zero-order chi connectivity index (χ0) is 15.2. The van der Waals surface area contributed by atoms with Crippen molar-refractivity contribution in [3.8, 4) is 5.75 Å². The number of methoxy groups -OCH3 is 1. The Hall–Kier alpha value is -1.78. The topological polar surface area (TPSA) is 33.3 Å². The minimum Gasteiger partial charge on any atom is -0.497 e. The first kappa shape index (κ1) is 15.6. The van der Waals surface area contributed by atoms with Crippen LogP contribution in [0.25, 0.3) is 0 Å². The van der Waals surface area contributed by atoms with E-state index in [0.717, 1.165) is 22.0 Å². The average Bonchev–Trinajstić information content (AvgIpc) is 2.48. The molecule has 0 amide bonds. The van der Waals surface area contributed by atoms with E-state index in [1.807, 2.05) is 55.5 Å². The third kappa shape index (κ3) is 4.34. The highest BCUT2D eigenvalue weighted by Gasteiger charge is 2.10. The Bertz CT molecular complexity index is 616. The molecule has 1 atom stereocenters. The van der Waals surface area contributed by atoms with Crippen molar-refractivity contribution >= 4 is 34.6 Å². The number of hydrogen-bond acceptors (Lipinski definition) is 2. The summed E-state index contributed by atoms with van der Waals surface area (Å²) in [7, 11) is 1.64. The van der Waals surface area contributed by atoms with Gasteiger partial charge in [-0.2, -0.15) is 0 Å². The molecule has 110 valence electrons. The molecule has 0 heterocycles. The van der Waals surface area contributed by atoms with Crippen molar-refractivity contribution in [1.29, 1.82) is 0 Å². The number of rotatable bonds is 4. The van der Waals surface area contributed by atoms with Gasteiger partial charge in [-0.05, 0) is 55.0 Å². The van der Waals surface area contributed by atoms with Crippen LogP contribution in [0.3, 0.4) is 0 Å². The Morgan fingerprint density at radius 3 is 2.43 bits per heavy atom. The summed E-state index contributed by atoms with van der Waals surface area (Å²) < 4.78 is 5.12. The van der Waals surface area contributed by atoms with Gasteiger partial charge in [0.15, 0.2) is 5.11 Å². The molecule has 0 saturated carbocycles. The first-order valence-corrected chi connectivity index (χ1v) is 7.35. The number of ether oxygens (including phenoxy) is 1. The summed E-state index contributed by atoms with van der Waals surface area (Å²) in [4.78, 5) is 0. The zero-order valence-electron chi connectivity index (χ0n) is 11.9. The van der Waals surface area contributed by atoms with Crippen molar-refractivity contribution in [2.45, 2.75) is 13.0 Å². The summed E-state index contributed by atoms with van der Waals surface area (Å²) in [6.45, 7) is 2.02. The van der Waals surface area contributed by atoms with Crippen LogP contribution in [0.4, 0.5) is 5.69 Å². The van der Waals surface area contributed by atoms with Gasteiger partial charge in [0.25, 0.3) is 0 Å². The second kappa shape index (κ2) is 7.29. The van der Waals surface area contributed by atoms with E-state index < -0.39 is 0 Å². The van der Waals surface area contributed by atoms with Gasteiger partial charge in [0.1, 0.15) is 5.75 Å². The Morgan fingerprint density at radius 1 is 1.14 bits per heavy atom. The molecule has 0 aliphatic carbocycles. The third-order valence-electron chi connectivity index (χ3n) is 3.07. The largest absolute Gasteiger partial charge is 0.497 e. The van der Waals surface area contributed by atoms with Crippen LogP contribution in [0.15, 0.2) is 48.5 Å². The maximum Gasteiger partial charge on any atom is 0.171 e. The average molecular weight is 321 g/mol. The zero-order valence-corrected chi connectivity index (χ0v) is 13.5. The summed E-state index contributed by atoms with van der Waals surface area (Å²) >= 11 is 11.5. The van der Waals surface area contributed by atoms with Crippen LogP contribution in [0.2, 0.25) is 5.02 Å². The van der Waals surface area contributed by atoms with Crippen molar-refractivity contribution in [3.63, 3.8) is 0 Å². The molecule has 0 aromatic heterocycles. The highest BCUT2D eigenvalue weighted by Crippen LogP contribution is 2.22. The lowest BCUT2D eigenvalue weighted by molar-refractivity contribution is 0.415. The van der Waals surface area contributed by atoms with Gasteiger partial charge in [0.2, 0.25) is 0 Å². The van der Waals surface area contributed by atoms with Gasteiger partial charge in [-0.25, -0.2) is 0 Å². The Morgan fingerprint density at radius 2 is 1.81 bits per heavy atom. The normalized spacial score (nSPS) is 11.6. The quantitative estimate of drug-likeness (QED) is 0.818. The van der Waals surface area contributed by atoms with Crippen LogP contribution in [0.1, 0.15) is 18.5 Å². The lowest BCUT2D eigenvalue weighted by Crippen LogP contribution is -2.31. The van der Waals surface area contributed by atoms with E-state index in [1.54, 1.807) is 7.11 Å². The number of hydrogen-bond donors (Lipinski definition) is 2. The van der Waals surface area contributed by atoms with E-state index in [0.29, 0.717) is 5.11 Å². The number of anilines is 1. The molecule has 0 fully saturated rings. The summed E-state index contributed by atoms with van der Waals surface area (Å²) in [6, 6.07) is 15.3. The molecule has 2 aromatic rings. The fraction of sp³-hybridized carbons (Fsp3) is 0.188. The van der Waals surface area contributed by atoms with Gasteiger partial charge in [0, 0.05) is 10.7 Å². The van der Waals surface area contributed by atoms with Gasteiger partial charge < -0.3 is 15.4 Å². The fourth-order valence-electron chi connectivity index (χ4n) is 1.94. The van der Waals surface area contributed by atoms with Gasteiger partial charge in [0.05, 0.1) is 13.2 Å². The van der Waals surface area contributed by atoms with Gasteiger partial charge in [-0.15, -0.1) is 0 Å². The highest BCUT2D eigenvalue weighted by molar-refractivity contribution is 7.80. The number of nitrogens with one attached hydrogen (secondary N) is 2. The number of benzene rings is 2. The lowest BCUT2D eigenvalue weighted by Gasteiger charge is -2.18. The third-order valence-corrected chi connectivity index (χ3v) is 3.63. The monoisotopic (exact) mass is 320 g/mol. The lowest BCUT2D eigenvalue weighted by atomic mass is 10.1. The summed E-state index contributed by atoms with van der Waals surface area (Å²) in [5.41, 5.74) is 1.91. The predicted molar refractivity (Wildman–Crippen MR) is 92.2 cm³/mol. The smallest absolute Gasteiger partial charge is 0.171 e. The van der Waals surface area contributed by atoms with Crippen molar-refractivity contribution in [2.75, 3.05) is 12.4 Å². The SMILES string of the molecule is COc1ccc(NC(=S)N[C@H](C)c2ccccc2Cl)cc1. The van der Waals surface area contributed by atoms with Crippen LogP contribution in [-0.4, -0.2) is 12.2 Å². The van der Waals surface area contributed by atoms with Crippen LogP contribution in [0.5, 0.6) is 5.75 Å². The highest BCUT2D eigenvalue weighted by atomic mass is 35.5. The van der Waals surface area contributed by atoms with Crippen molar-refractivity contribution in [3.05, 3.63) is 59.1 Å². The second-order valence-corrected chi connectivity index (χ2v) is 5.39. The van der Waals surface area contributed by atoms with E-state index in [1.165, 1.54) is 0 Å². The fourth-order valence-corrected chi connectivity index (χ4v) is 2.54. The molecule has 0 saturated heterocycles. The van der Waals surface area contributed by atoms with Crippen molar-refractivity contribution < 1.29 is 4.74 Å². The molecule has 2 N–H and O–H groups in total. The molecule has 0 unspecified atom stereocenters. The van der Waals surface area contributed by atoms with Crippen molar-refractivity contribution in [2.24, 2.45) is 0 Å². The second-order valence-electron chi connectivity index (χ2n) is 4.57. The first-order chi connectivity index (χ1) is 10.1. The molecule has 5 heteroatoms. The number of thiocarbonyl (C=S) groups is 1. The Kier molecular flexibility index (Phi) is 5.42. The van der Waals surface area contributed by atoms with E-state index in [4.69, 9.17) is 28.6 Å². The van der Waals surface area contributed by atoms with E-state index in [-0.39, 0.29) is 6.04 Å². The van der Waals surface area contributed by atoms with E-state index in [2.05, 4.69) is 10.6 Å². The van der Waals surface area contributed by atoms with Crippen LogP contribution in [-0.2, 0) is 0 Å². The molecule has 0 aliphatic heterocycles. The predicted octanol–water partition coefficient (Wildman–Crippen LogP) is 4.40. The van der Waals surface area contributed by atoms with Gasteiger partial charge >= 0.3 is 0 Å². The molecule has 21 heavy (non-hydrogen) atoms. The van der Waals surface area contributed by atoms with Crippen LogP contribution in [0, 0.1) is 0 Å². The van der Waals surface area contributed by atoms with Gasteiger partial charge in [-0.1, -0.05) is 29.8 Å². The minimum absolute atomic E-state index is 0.0250. The molecule has 3 nitrogen and oxygen atoms in total. The van der Waals surface area contributed by atoms with E-state index >= 15 is 0 Å². The van der Waals surface area contributed by atoms with E-state index in [9.17, 15) is 0 Å². The molecular formula is C16H17ClN2OS. The van der Waals surface area contributed by atoms with Crippen LogP contribution >= 0.6 is 23.8 Å². The molecular weight excluding hydrogens is 304 g/mol. The molecule has 0 bridgehead atoms. The molecule has 2 rings (SSSR count). The molecule has 0 spiro atoms.